The first kappa shape index (κ1) is 11.2. The maximum atomic E-state index is 5.69. The molecular formula is C12H17NO3. The molecule has 1 aromatic rings. The summed E-state index contributed by atoms with van der Waals surface area (Å²) in [6.45, 7) is 3.51. The van der Waals surface area contributed by atoms with E-state index < -0.39 is 0 Å². The number of benzene rings is 1. The van der Waals surface area contributed by atoms with Crippen LogP contribution in [-0.2, 0) is 11.3 Å². The van der Waals surface area contributed by atoms with Crippen molar-refractivity contribution in [3.8, 4) is 11.5 Å². The molecule has 0 spiro atoms. The summed E-state index contributed by atoms with van der Waals surface area (Å²) in [5, 5.41) is 0. The van der Waals surface area contributed by atoms with Crippen molar-refractivity contribution < 1.29 is 14.2 Å². The molecule has 4 heteroatoms. The molecule has 1 heterocycles. The smallest absolute Gasteiger partial charge is 0.189 e. The third kappa shape index (κ3) is 1.86. The van der Waals surface area contributed by atoms with Gasteiger partial charge in [-0.1, -0.05) is 13.0 Å². The number of ether oxygens (including phenoxy) is 3. The van der Waals surface area contributed by atoms with Crippen molar-refractivity contribution >= 4 is 0 Å². The first-order chi connectivity index (χ1) is 7.77. The number of nitrogens with two attached hydrogens (primary N) is 1. The number of hydrogen-bond acceptors (Lipinski definition) is 4. The summed E-state index contributed by atoms with van der Waals surface area (Å²) in [7, 11) is 1.66. The highest BCUT2D eigenvalue weighted by molar-refractivity contribution is 5.51. The molecular weight excluding hydrogens is 206 g/mol. The van der Waals surface area contributed by atoms with E-state index >= 15 is 0 Å². The van der Waals surface area contributed by atoms with Crippen LogP contribution in [0.1, 0.15) is 24.0 Å². The van der Waals surface area contributed by atoms with Gasteiger partial charge in [-0.2, -0.15) is 0 Å². The van der Waals surface area contributed by atoms with Gasteiger partial charge in [-0.05, 0) is 24.1 Å². The van der Waals surface area contributed by atoms with Gasteiger partial charge in [0.1, 0.15) is 11.5 Å². The van der Waals surface area contributed by atoms with Crippen LogP contribution in [0.5, 0.6) is 11.5 Å². The van der Waals surface area contributed by atoms with Crippen LogP contribution in [-0.4, -0.2) is 20.4 Å². The fraction of sp³-hybridized carbons (Fsp3) is 0.500. The van der Waals surface area contributed by atoms with Crippen molar-refractivity contribution in [3.63, 3.8) is 0 Å². The van der Waals surface area contributed by atoms with E-state index in [9.17, 15) is 0 Å². The summed E-state index contributed by atoms with van der Waals surface area (Å²) < 4.78 is 16.1. The zero-order chi connectivity index (χ0) is 11.5. The van der Waals surface area contributed by atoms with E-state index in [1.54, 1.807) is 7.11 Å². The molecule has 1 aliphatic heterocycles. The van der Waals surface area contributed by atoms with Gasteiger partial charge in [0.15, 0.2) is 6.79 Å². The minimum absolute atomic E-state index is 0.266. The van der Waals surface area contributed by atoms with Crippen LogP contribution < -0.4 is 15.2 Å². The first-order valence-electron chi connectivity index (χ1n) is 5.38. The maximum absolute atomic E-state index is 5.69. The Morgan fingerprint density at radius 1 is 1.50 bits per heavy atom. The summed E-state index contributed by atoms with van der Waals surface area (Å²) in [4.78, 5) is 0. The summed E-state index contributed by atoms with van der Waals surface area (Å²) in [6, 6.07) is 3.97. The lowest BCUT2D eigenvalue weighted by atomic mass is 9.97. The van der Waals surface area contributed by atoms with Gasteiger partial charge in [0.25, 0.3) is 0 Å². The van der Waals surface area contributed by atoms with Crippen molar-refractivity contribution in [2.45, 2.75) is 19.4 Å². The van der Waals surface area contributed by atoms with E-state index in [2.05, 4.69) is 6.92 Å². The molecule has 0 aromatic heterocycles. The highest BCUT2D eigenvalue weighted by Crippen LogP contribution is 2.37. The van der Waals surface area contributed by atoms with Crippen LogP contribution in [0.15, 0.2) is 12.1 Å². The third-order valence-electron chi connectivity index (χ3n) is 2.88. The summed E-state index contributed by atoms with van der Waals surface area (Å²) in [5.74, 6) is 1.95. The molecule has 0 bridgehead atoms. The Morgan fingerprint density at radius 3 is 3.00 bits per heavy atom. The minimum atomic E-state index is 0.266. The van der Waals surface area contributed by atoms with E-state index in [0.29, 0.717) is 19.9 Å². The standard InChI is InChI=1S/C12H17NO3/c1-8(5-13)9-3-4-11-10(12(9)14-2)6-15-7-16-11/h3-4,8H,5-7,13H2,1-2H3. The van der Waals surface area contributed by atoms with Crippen molar-refractivity contribution in [2.24, 2.45) is 5.73 Å². The summed E-state index contributed by atoms with van der Waals surface area (Å²) in [6.07, 6.45) is 0. The molecule has 1 aromatic carbocycles. The highest BCUT2D eigenvalue weighted by atomic mass is 16.7. The largest absolute Gasteiger partial charge is 0.496 e. The summed E-state index contributed by atoms with van der Waals surface area (Å²) >= 11 is 0. The van der Waals surface area contributed by atoms with Gasteiger partial charge in [0.2, 0.25) is 0 Å². The van der Waals surface area contributed by atoms with Gasteiger partial charge in [0.05, 0.1) is 19.3 Å². The zero-order valence-electron chi connectivity index (χ0n) is 9.66. The number of fused-ring (bicyclic) bond motifs is 1. The number of hydrogen-bond donors (Lipinski definition) is 1. The first-order valence-corrected chi connectivity index (χ1v) is 5.38. The van der Waals surface area contributed by atoms with Crippen molar-refractivity contribution in [2.75, 3.05) is 20.4 Å². The predicted molar refractivity (Wildman–Crippen MR) is 60.7 cm³/mol. The molecule has 2 rings (SSSR count). The van der Waals surface area contributed by atoms with Crippen molar-refractivity contribution in [1.29, 1.82) is 0 Å². The van der Waals surface area contributed by atoms with Crippen molar-refractivity contribution in [1.82, 2.24) is 0 Å². The van der Waals surface area contributed by atoms with Crippen LogP contribution in [0.3, 0.4) is 0 Å². The van der Waals surface area contributed by atoms with Gasteiger partial charge in [-0.3, -0.25) is 0 Å². The second kappa shape index (κ2) is 4.72. The molecule has 0 saturated carbocycles. The molecule has 1 unspecified atom stereocenters. The van der Waals surface area contributed by atoms with Crippen LogP contribution in [0.4, 0.5) is 0 Å². The lowest BCUT2D eigenvalue weighted by Crippen LogP contribution is -2.15. The quantitative estimate of drug-likeness (QED) is 0.846. The maximum Gasteiger partial charge on any atom is 0.189 e. The molecule has 16 heavy (non-hydrogen) atoms. The topological polar surface area (TPSA) is 53.7 Å². The Labute approximate surface area is 95.3 Å². The second-order valence-corrected chi connectivity index (χ2v) is 3.91. The van der Waals surface area contributed by atoms with E-state index in [-0.39, 0.29) is 5.92 Å². The number of rotatable bonds is 3. The van der Waals surface area contributed by atoms with E-state index in [1.807, 2.05) is 12.1 Å². The zero-order valence-corrected chi connectivity index (χ0v) is 9.66. The molecule has 4 nitrogen and oxygen atoms in total. The average molecular weight is 223 g/mol. The second-order valence-electron chi connectivity index (χ2n) is 3.91. The highest BCUT2D eigenvalue weighted by Gasteiger charge is 2.20. The Balaban J connectivity index is 2.47. The fourth-order valence-corrected chi connectivity index (χ4v) is 1.90. The lowest BCUT2D eigenvalue weighted by Gasteiger charge is -2.23. The van der Waals surface area contributed by atoms with Crippen molar-refractivity contribution in [3.05, 3.63) is 23.3 Å². The van der Waals surface area contributed by atoms with Gasteiger partial charge >= 0.3 is 0 Å². The summed E-state index contributed by atoms with van der Waals surface area (Å²) in [5.41, 5.74) is 7.77. The van der Waals surface area contributed by atoms with Crippen LogP contribution >= 0.6 is 0 Å². The Bertz CT molecular complexity index is 379. The van der Waals surface area contributed by atoms with Crippen LogP contribution in [0.25, 0.3) is 0 Å². The predicted octanol–water partition coefficient (Wildman–Crippen LogP) is 1.62. The molecule has 0 saturated heterocycles. The van der Waals surface area contributed by atoms with Crippen LogP contribution in [0.2, 0.25) is 0 Å². The van der Waals surface area contributed by atoms with Gasteiger partial charge in [-0.15, -0.1) is 0 Å². The average Bonchev–Trinajstić information content (AvgIpc) is 2.36. The Morgan fingerprint density at radius 2 is 2.31 bits per heavy atom. The normalized spacial score (nSPS) is 16.2. The van der Waals surface area contributed by atoms with Gasteiger partial charge < -0.3 is 19.9 Å². The molecule has 0 radical (unpaired) electrons. The van der Waals surface area contributed by atoms with Gasteiger partial charge in [-0.25, -0.2) is 0 Å². The van der Waals surface area contributed by atoms with E-state index in [4.69, 9.17) is 19.9 Å². The van der Waals surface area contributed by atoms with Gasteiger partial charge in [0, 0.05) is 0 Å². The molecule has 0 amide bonds. The van der Waals surface area contributed by atoms with E-state index in [0.717, 1.165) is 22.6 Å². The monoisotopic (exact) mass is 223 g/mol. The SMILES string of the molecule is COc1c(C(C)CN)ccc2c1COCO2. The molecule has 0 fully saturated rings. The Hall–Kier alpha value is -1.26. The van der Waals surface area contributed by atoms with Crippen LogP contribution in [0, 0.1) is 0 Å². The molecule has 1 aliphatic rings. The molecule has 2 N–H and O–H groups in total. The third-order valence-corrected chi connectivity index (χ3v) is 2.88. The Kier molecular flexibility index (Phi) is 3.31. The van der Waals surface area contributed by atoms with E-state index in [1.165, 1.54) is 0 Å². The fourth-order valence-electron chi connectivity index (χ4n) is 1.90. The molecule has 1 atom stereocenters. The number of methoxy groups -OCH3 is 1. The molecule has 0 aliphatic carbocycles. The lowest BCUT2D eigenvalue weighted by molar-refractivity contribution is -0.0176. The molecule has 88 valence electrons. The minimum Gasteiger partial charge on any atom is -0.496 e.